The van der Waals surface area contributed by atoms with Crippen LogP contribution >= 0.6 is 0 Å². The Morgan fingerprint density at radius 3 is 2.19 bits per heavy atom. The molecule has 118 valence electrons. The van der Waals surface area contributed by atoms with Crippen molar-refractivity contribution in [2.45, 2.75) is 45.7 Å². The average Bonchev–Trinajstić information content (AvgIpc) is 2.47. The lowest BCUT2D eigenvalue weighted by molar-refractivity contribution is 0.142. The van der Waals surface area contributed by atoms with Gasteiger partial charge in [0.2, 0.25) is 0 Å². The molecular weight excluding hydrogens is 260 g/mol. The first-order chi connectivity index (χ1) is 9.88. The number of hydrogen-bond donors (Lipinski definition) is 1. The molecule has 0 spiro atoms. The van der Waals surface area contributed by atoms with Gasteiger partial charge in [-0.2, -0.15) is 0 Å². The highest BCUT2D eigenvalue weighted by Crippen LogP contribution is 2.32. The van der Waals surface area contributed by atoms with Crippen molar-refractivity contribution in [3.63, 3.8) is 0 Å². The summed E-state index contributed by atoms with van der Waals surface area (Å²) in [6.07, 6.45) is 0.775. The van der Waals surface area contributed by atoms with Gasteiger partial charge in [0.25, 0.3) is 0 Å². The van der Waals surface area contributed by atoms with Crippen LogP contribution in [-0.2, 0) is 5.54 Å². The number of nitrogens with two attached hydrogens (primary N) is 1. The van der Waals surface area contributed by atoms with Gasteiger partial charge in [0.1, 0.15) is 5.75 Å². The molecule has 0 radical (unpaired) electrons. The minimum Gasteiger partial charge on any atom is -0.497 e. The predicted octanol–water partition coefficient (Wildman–Crippen LogP) is 3.55. The van der Waals surface area contributed by atoms with E-state index in [9.17, 15) is 0 Å². The summed E-state index contributed by atoms with van der Waals surface area (Å²) in [6, 6.07) is 8.33. The lowest BCUT2D eigenvalue weighted by atomic mass is 9.79. The zero-order chi connectivity index (χ0) is 16.0. The summed E-state index contributed by atoms with van der Waals surface area (Å²) in [5.41, 5.74) is 8.66. The van der Waals surface area contributed by atoms with Gasteiger partial charge in [0, 0.05) is 6.04 Å². The van der Waals surface area contributed by atoms with Crippen LogP contribution in [0.3, 0.4) is 0 Å². The minimum atomic E-state index is -0.440. The highest BCUT2D eigenvalue weighted by Gasteiger charge is 2.36. The van der Waals surface area contributed by atoms with Crippen molar-refractivity contribution in [3.05, 3.63) is 42.0 Å². The second-order valence-corrected chi connectivity index (χ2v) is 5.80. The number of ether oxygens (including phenoxy) is 1. The molecule has 0 bridgehead atoms. The Morgan fingerprint density at radius 2 is 1.81 bits per heavy atom. The number of likely N-dealkylation sites (N-methyl/N-ethyl adjacent to an activating group) is 1. The van der Waals surface area contributed by atoms with Gasteiger partial charge in [-0.3, -0.25) is 4.90 Å². The van der Waals surface area contributed by atoms with E-state index in [1.807, 2.05) is 19.1 Å². The largest absolute Gasteiger partial charge is 0.497 e. The van der Waals surface area contributed by atoms with Gasteiger partial charge in [-0.1, -0.05) is 31.6 Å². The van der Waals surface area contributed by atoms with Gasteiger partial charge in [0.15, 0.2) is 0 Å². The number of methoxy groups -OCH3 is 1. The monoisotopic (exact) mass is 290 g/mol. The second-order valence-electron chi connectivity index (χ2n) is 5.80. The summed E-state index contributed by atoms with van der Waals surface area (Å²) in [5.74, 6) is 0.854. The Balaban J connectivity index is 3.20. The lowest BCUT2D eigenvalue weighted by Crippen LogP contribution is -2.54. The second kappa shape index (κ2) is 7.62. The fraction of sp³-hybridized carbons (Fsp3) is 0.556. The van der Waals surface area contributed by atoms with Gasteiger partial charge < -0.3 is 10.5 Å². The molecular formula is C18H30N2O. The van der Waals surface area contributed by atoms with E-state index in [0.717, 1.165) is 36.4 Å². The maximum absolute atomic E-state index is 6.86. The number of benzene rings is 1. The molecule has 3 heteroatoms. The Bertz CT molecular complexity index is 451. The van der Waals surface area contributed by atoms with Crippen LogP contribution in [0.4, 0.5) is 0 Å². The molecule has 0 saturated carbocycles. The van der Waals surface area contributed by atoms with Gasteiger partial charge in [0.05, 0.1) is 12.6 Å². The molecule has 21 heavy (non-hydrogen) atoms. The van der Waals surface area contributed by atoms with Gasteiger partial charge in [-0.25, -0.2) is 0 Å². The third kappa shape index (κ3) is 4.08. The molecule has 0 amide bonds. The van der Waals surface area contributed by atoms with Crippen LogP contribution in [-0.4, -0.2) is 31.1 Å². The third-order valence-electron chi connectivity index (χ3n) is 4.33. The van der Waals surface area contributed by atoms with Crippen molar-refractivity contribution in [1.82, 2.24) is 4.90 Å². The molecule has 1 aromatic carbocycles. The molecule has 2 N–H and O–H groups in total. The van der Waals surface area contributed by atoms with Crippen molar-refractivity contribution >= 4 is 0 Å². The standard InChI is InChI=1S/C18H30N2O/c1-7-20(8-2)15(5)18(19,13-14(3)4)16-9-11-17(21-6)12-10-16/h9-12,15H,3,7-8,13,19H2,1-2,4-6H3. The van der Waals surface area contributed by atoms with Crippen molar-refractivity contribution < 1.29 is 4.74 Å². The summed E-state index contributed by atoms with van der Waals surface area (Å²) in [4.78, 5) is 2.40. The zero-order valence-electron chi connectivity index (χ0n) is 14.1. The molecule has 1 aromatic rings. The van der Waals surface area contributed by atoms with Crippen LogP contribution in [0.15, 0.2) is 36.4 Å². The molecule has 0 aliphatic heterocycles. The van der Waals surface area contributed by atoms with E-state index in [4.69, 9.17) is 10.5 Å². The Morgan fingerprint density at radius 1 is 1.29 bits per heavy atom. The first-order valence-electron chi connectivity index (χ1n) is 7.70. The van der Waals surface area contributed by atoms with E-state index in [0.29, 0.717) is 0 Å². The van der Waals surface area contributed by atoms with Crippen LogP contribution in [0.5, 0.6) is 5.75 Å². The summed E-state index contributed by atoms with van der Waals surface area (Å²) in [6.45, 7) is 14.6. The maximum Gasteiger partial charge on any atom is 0.118 e. The van der Waals surface area contributed by atoms with E-state index in [2.05, 4.69) is 44.4 Å². The summed E-state index contributed by atoms with van der Waals surface area (Å²) in [7, 11) is 1.68. The van der Waals surface area contributed by atoms with Crippen LogP contribution in [0.2, 0.25) is 0 Å². The quantitative estimate of drug-likeness (QED) is 0.744. The smallest absolute Gasteiger partial charge is 0.118 e. The molecule has 2 unspecified atom stereocenters. The highest BCUT2D eigenvalue weighted by atomic mass is 16.5. The Kier molecular flexibility index (Phi) is 6.43. The van der Waals surface area contributed by atoms with Crippen LogP contribution in [0.25, 0.3) is 0 Å². The van der Waals surface area contributed by atoms with Crippen molar-refractivity contribution in [3.8, 4) is 5.75 Å². The van der Waals surface area contributed by atoms with Gasteiger partial charge >= 0.3 is 0 Å². The van der Waals surface area contributed by atoms with E-state index < -0.39 is 5.54 Å². The SMILES string of the molecule is C=C(C)CC(N)(c1ccc(OC)cc1)C(C)N(CC)CC. The average molecular weight is 290 g/mol. The zero-order valence-corrected chi connectivity index (χ0v) is 14.1. The topological polar surface area (TPSA) is 38.5 Å². The normalized spacial score (nSPS) is 15.6. The molecule has 0 aliphatic rings. The third-order valence-corrected chi connectivity index (χ3v) is 4.33. The first kappa shape index (κ1) is 17.7. The van der Waals surface area contributed by atoms with Crippen molar-refractivity contribution in [2.75, 3.05) is 20.2 Å². The molecule has 1 rings (SSSR count). The van der Waals surface area contributed by atoms with Crippen LogP contribution in [0, 0.1) is 0 Å². The Hall–Kier alpha value is -1.32. The minimum absolute atomic E-state index is 0.234. The maximum atomic E-state index is 6.86. The summed E-state index contributed by atoms with van der Waals surface area (Å²) >= 11 is 0. The van der Waals surface area contributed by atoms with Gasteiger partial charge in [-0.15, -0.1) is 6.58 Å². The highest BCUT2D eigenvalue weighted by molar-refractivity contribution is 5.34. The molecule has 0 fully saturated rings. The fourth-order valence-corrected chi connectivity index (χ4v) is 2.99. The molecule has 2 atom stereocenters. The fourth-order valence-electron chi connectivity index (χ4n) is 2.99. The lowest BCUT2D eigenvalue weighted by Gasteiger charge is -2.42. The van der Waals surface area contributed by atoms with E-state index in [-0.39, 0.29) is 6.04 Å². The molecule has 3 nitrogen and oxygen atoms in total. The predicted molar refractivity (Wildman–Crippen MR) is 90.7 cm³/mol. The summed E-state index contributed by atoms with van der Waals surface area (Å²) in [5, 5.41) is 0. The van der Waals surface area contributed by atoms with Crippen LogP contribution < -0.4 is 10.5 Å². The number of nitrogens with zero attached hydrogens (tertiary/aromatic N) is 1. The van der Waals surface area contributed by atoms with Crippen LogP contribution in [0.1, 0.15) is 39.7 Å². The van der Waals surface area contributed by atoms with E-state index >= 15 is 0 Å². The van der Waals surface area contributed by atoms with Crippen molar-refractivity contribution in [1.29, 1.82) is 0 Å². The Labute approximate surface area is 129 Å². The molecule has 0 heterocycles. The van der Waals surface area contributed by atoms with Gasteiger partial charge in [-0.05, 0) is 51.1 Å². The summed E-state index contributed by atoms with van der Waals surface area (Å²) < 4.78 is 5.24. The van der Waals surface area contributed by atoms with E-state index in [1.165, 1.54) is 0 Å². The number of rotatable bonds is 8. The van der Waals surface area contributed by atoms with Crippen molar-refractivity contribution in [2.24, 2.45) is 5.73 Å². The molecule has 0 aliphatic carbocycles. The molecule has 0 aromatic heterocycles. The molecule has 0 saturated heterocycles. The van der Waals surface area contributed by atoms with E-state index in [1.54, 1.807) is 7.11 Å². The number of hydrogen-bond acceptors (Lipinski definition) is 3. The first-order valence-corrected chi connectivity index (χ1v) is 7.70.